The van der Waals surface area contributed by atoms with E-state index in [0.29, 0.717) is 16.9 Å². The smallest absolute Gasteiger partial charge is 0.0490 e. The molecule has 1 aliphatic carbocycles. The van der Waals surface area contributed by atoms with Gasteiger partial charge in [-0.2, -0.15) is 5.10 Å². The second-order valence-corrected chi connectivity index (χ2v) is 5.34. The van der Waals surface area contributed by atoms with Crippen LogP contribution in [-0.4, -0.2) is 16.2 Å². The lowest BCUT2D eigenvalue weighted by molar-refractivity contribution is 0.457. The van der Waals surface area contributed by atoms with Gasteiger partial charge in [-0.25, -0.2) is 0 Å². The number of hydrogen-bond acceptors (Lipinski definition) is 2. The highest BCUT2D eigenvalue weighted by atomic mass is 15.1. The summed E-state index contributed by atoms with van der Waals surface area (Å²) in [7, 11) is 0. The Kier molecular flexibility index (Phi) is 1.96. The highest BCUT2D eigenvalue weighted by Crippen LogP contribution is 2.62. The monoisotopic (exact) mass is 193 g/mol. The standard InChI is InChI=1S/C11H19N3/c1-10(2)9(11(10,3)4)12-7-8-5-6-13-14-8/h5-6,9,12H,7H2,1-4H3,(H,13,14). The molecular weight excluding hydrogens is 174 g/mol. The summed E-state index contributed by atoms with van der Waals surface area (Å²) in [6.07, 6.45) is 1.79. The minimum absolute atomic E-state index is 0.410. The minimum atomic E-state index is 0.410. The summed E-state index contributed by atoms with van der Waals surface area (Å²) in [5.74, 6) is 0. The third kappa shape index (κ3) is 1.27. The number of hydrogen-bond donors (Lipinski definition) is 2. The second-order valence-electron chi connectivity index (χ2n) is 5.34. The summed E-state index contributed by atoms with van der Waals surface area (Å²) in [6, 6.07) is 2.62. The first-order valence-electron chi connectivity index (χ1n) is 5.18. The van der Waals surface area contributed by atoms with Crippen LogP contribution < -0.4 is 5.32 Å². The summed E-state index contributed by atoms with van der Waals surface area (Å²) in [5, 5.41) is 10.5. The van der Waals surface area contributed by atoms with Gasteiger partial charge < -0.3 is 5.32 Å². The molecule has 1 aromatic rings. The molecule has 0 unspecified atom stereocenters. The van der Waals surface area contributed by atoms with E-state index in [9.17, 15) is 0 Å². The fourth-order valence-electron chi connectivity index (χ4n) is 2.30. The first-order chi connectivity index (χ1) is 6.46. The zero-order valence-electron chi connectivity index (χ0n) is 9.39. The van der Waals surface area contributed by atoms with E-state index in [1.54, 1.807) is 6.20 Å². The largest absolute Gasteiger partial charge is 0.307 e. The number of nitrogens with zero attached hydrogens (tertiary/aromatic N) is 1. The van der Waals surface area contributed by atoms with Crippen LogP contribution in [0.3, 0.4) is 0 Å². The van der Waals surface area contributed by atoms with Gasteiger partial charge in [-0.05, 0) is 16.9 Å². The molecule has 1 aromatic heterocycles. The van der Waals surface area contributed by atoms with Crippen LogP contribution in [0.1, 0.15) is 33.4 Å². The molecule has 0 aromatic carbocycles. The van der Waals surface area contributed by atoms with Gasteiger partial charge in [-0.15, -0.1) is 0 Å². The lowest BCUT2D eigenvalue weighted by atomic mass is 10.0. The maximum absolute atomic E-state index is 3.93. The molecule has 0 atom stereocenters. The fraction of sp³-hybridized carbons (Fsp3) is 0.727. The Balaban J connectivity index is 1.90. The van der Waals surface area contributed by atoms with Crippen molar-refractivity contribution in [3.63, 3.8) is 0 Å². The van der Waals surface area contributed by atoms with Crippen LogP contribution in [0.25, 0.3) is 0 Å². The van der Waals surface area contributed by atoms with Gasteiger partial charge in [-0.1, -0.05) is 27.7 Å². The maximum Gasteiger partial charge on any atom is 0.0490 e. The first kappa shape index (κ1) is 9.71. The van der Waals surface area contributed by atoms with Crippen LogP contribution in [0.15, 0.2) is 12.3 Å². The van der Waals surface area contributed by atoms with Gasteiger partial charge in [0.15, 0.2) is 0 Å². The van der Waals surface area contributed by atoms with Gasteiger partial charge in [0.2, 0.25) is 0 Å². The quantitative estimate of drug-likeness (QED) is 0.770. The van der Waals surface area contributed by atoms with Crippen molar-refractivity contribution in [3.8, 4) is 0 Å². The van der Waals surface area contributed by atoms with Crippen molar-refractivity contribution in [2.45, 2.75) is 40.3 Å². The molecular formula is C11H19N3. The summed E-state index contributed by atoms with van der Waals surface area (Å²) >= 11 is 0. The van der Waals surface area contributed by atoms with Crippen molar-refractivity contribution in [3.05, 3.63) is 18.0 Å². The molecule has 0 radical (unpaired) electrons. The van der Waals surface area contributed by atoms with Crippen molar-refractivity contribution < 1.29 is 0 Å². The molecule has 0 spiro atoms. The molecule has 1 fully saturated rings. The second kappa shape index (κ2) is 2.83. The summed E-state index contributed by atoms with van der Waals surface area (Å²) in [5.41, 5.74) is 1.98. The van der Waals surface area contributed by atoms with Gasteiger partial charge in [0.25, 0.3) is 0 Å². The van der Waals surface area contributed by atoms with Gasteiger partial charge in [0.05, 0.1) is 0 Å². The molecule has 1 heterocycles. The zero-order chi connectivity index (χ0) is 10.4. The van der Waals surface area contributed by atoms with E-state index < -0.39 is 0 Å². The number of H-pyrrole nitrogens is 1. The first-order valence-corrected chi connectivity index (χ1v) is 5.18. The molecule has 1 saturated carbocycles. The fourth-order valence-corrected chi connectivity index (χ4v) is 2.30. The van der Waals surface area contributed by atoms with E-state index in [4.69, 9.17) is 0 Å². The van der Waals surface area contributed by atoms with Gasteiger partial charge in [-0.3, -0.25) is 5.10 Å². The molecule has 2 N–H and O–H groups in total. The average Bonchev–Trinajstić information content (AvgIpc) is 2.54. The van der Waals surface area contributed by atoms with Crippen LogP contribution >= 0.6 is 0 Å². The van der Waals surface area contributed by atoms with Crippen LogP contribution in [-0.2, 0) is 6.54 Å². The predicted octanol–water partition coefficient (Wildman–Crippen LogP) is 1.93. The Hall–Kier alpha value is -0.830. The van der Waals surface area contributed by atoms with E-state index >= 15 is 0 Å². The van der Waals surface area contributed by atoms with E-state index in [1.165, 1.54) is 0 Å². The van der Waals surface area contributed by atoms with Crippen LogP contribution in [0.5, 0.6) is 0 Å². The molecule has 0 saturated heterocycles. The summed E-state index contributed by atoms with van der Waals surface area (Å²) in [6.45, 7) is 10.2. The van der Waals surface area contributed by atoms with Crippen molar-refractivity contribution in [2.75, 3.05) is 0 Å². The van der Waals surface area contributed by atoms with E-state index in [0.717, 1.165) is 12.2 Å². The van der Waals surface area contributed by atoms with Crippen LogP contribution in [0.2, 0.25) is 0 Å². The third-order valence-electron chi connectivity index (χ3n) is 4.08. The van der Waals surface area contributed by atoms with Crippen molar-refractivity contribution in [1.29, 1.82) is 0 Å². The van der Waals surface area contributed by atoms with Crippen molar-refractivity contribution >= 4 is 0 Å². The number of aromatic amines is 1. The SMILES string of the molecule is CC1(C)C(NCc2ccn[nH]2)C1(C)C. The summed E-state index contributed by atoms with van der Waals surface area (Å²) < 4.78 is 0. The molecule has 78 valence electrons. The number of nitrogens with one attached hydrogen (secondary N) is 2. The Morgan fingerprint density at radius 3 is 2.43 bits per heavy atom. The van der Waals surface area contributed by atoms with E-state index in [1.807, 2.05) is 6.07 Å². The predicted molar refractivity (Wildman–Crippen MR) is 56.8 cm³/mol. The molecule has 3 heteroatoms. The molecule has 3 nitrogen and oxygen atoms in total. The number of rotatable bonds is 3. The Labute approximate surface area is 85.3 Å². The van der Waals surface area contributed by atoms with Crippen molar-refractivity contribution in [1.82, 2.24) is 15.5 Å². The maximum atomic E-state index is 3.93. The Morgan fingerprint density at radius 1 is 1.36 bits per heavy atom. The molecule has 14 heavy (non-hydrogen) atoms. The molecule has 0 bridgehead atoms. The topological polar surface area (TPSA) is 40.7 Å². The molecule has 1 aliphatic rings. The Morgan fingerprint density at radius 2 is 2.00 bits per heavy atom. The molecule has 2 rings (SSSR count). The van der Waals surface area contributed by atoms with E-state index in [2.05, 4.69) is 43.2 Å². The lowest BCUT2D eigenvalue weighted by Crippen LogP contribution is -2.21. The normalized spacial score (nSPS) is 23.7. The highest BCUT2D eigenvalue weighted by molar-refractivity contribution is 5.18. The third-order valence-corrected chi connectivity index (χ3v) is 4.08. The highest BCUT2D eigenvalue weighted by Gasteiger charge is 2.64. The average molecular weight is 193 g/mol. The molecule has 0 amide bonds. The van der Waals surface area contributed by atoms with Gasteiger partial charge in [0.1, 0.15) is 0 Å². The number of aromatic nitrogens is 2. The van der Waals surface area contributed by atoms with E-state index in [-0.39, 0.29) is 0 Å². The minimum Gasteiger partial charge on any atom is -0.307 e. The van der Waals surface area contributed by atoms with Gasteiger partial charge >= 0.3 is 0 Å². The van der Waals surface area contributed by atoms with Crippen LogP contribution in [0.4, 0.5) is 0 Å². The molecule has 0 aliphatic heterocycles. The Bertz CT molecular complexity index is 297. The lowest BCUT2D eigenvalue weighted by Gasteiger charge is -2.03. The summed E-state index contributed by atoms with van der Waals surface area (Å²) in [4.78, 5) is 0. The van der Waals surface area contributed by atoms with Crippen molar-refractivity contribution in [2.24, 2.45) is 10.8 Å². The van der Waals surface area contributed by atoms with Crippen LogP contribution in [0, 0.1) is 10.8 Å². The zero-order valence-corrected chi connectivity index (χ0v) is 9.39. The van der Waals surface area contributed by atoms with Gasteiger partial charge in [0, 0.05) is 24.5 Å².